The highest BCUT2D eigenvalue weighted by Crippen LogP contribution is 2.32. The van der Waals surface area contributed by atoms with Gasteiger partial charge in [0, 0.05) is 31.9 Å². The summed E-state index contributed by atoms with van der Waals surface area (Å²) in [4.78, 5) is 21.3. The van der Waals surface area contributed by atoms with Gasteiger partial charge in [0.05, 0.1) is 22.3 Å². The second-order valence-corrected chi connectivity index (χ2v) is 8.32. The molecule has 1 aromatic heterocycles. The molecule has 0 unspecified atom stereocenters. The first-order valence-corrected chi connectivity index (χ1v) is 11.4. The van der Waals surface area contributed by atoms with Crippen molar-refractivity contribution in [2.45, 2.75) is 18.5 Å². The van der Waals surface area contributed by atoms with Crippen LogP contribution in [0.3, 0.4) is 0 Å². The van der Waals surface area contributed by atoms with Crippen molar-refractivity contribution < 1.29 is 18.0 Å². The molecular weight excluding hydrogens is 425 g/mol. The van der Waals surface area contributed by atoms with E-state index in [1.807, 2.05) is 40.0 Å². The maximum atomic E-state index is 13.0. The molecule has 3 aromatic rings. The van der Waals surface area contributed by atoms with Crippen LogP contribution in [0.15, 0.2) is 48.5 Å². The van der Waals surface area contributed by atoms with E-state index < -0.39 is 11.7 Å². The molecule has 0 radical (unpaired) electrons. The number of alkyl halides is 3. The summed E-state index contributed by atoms with van der Waals surface area (Å²) in [5, 5.41) is 0. The van der Waals surface area contributed by atoms with E-state index in [1.54, 1.807) is 22.7 Å². The molecule has 0 atom stereocenters. The van der Waals surface area contributed by atoms with Gasteiger partial charge in [-0.25, -0.2) is 4.98 Å². The number of aromatic nitrogens is 2. The third-order valence-corrected chi connectivity index (χ3v) is 6.02. The molecule has 0 aliphatic carbocycles. The van der Waals surface area contributed by atoms with Gasteiger partial charge in [0.1, 0.15) is 12.4 Å². The Hall–Kier alpha value is -2.68. The van der Waals surface area contributed by atoms with Gasteiger partial charge in [-0.3, -0.25) is 4.79 Å². The lowest BCUT2D eigenvalue weighted by molar-refractivity contribution is -0.137. The van der Waals surface area contributed by atoms with Gasteiger partial charge in [-0.05, 0) is 36.6 Å². The zero-order chi connectivity index (χ0) is 22.0. The lowest BCUT2D eigenvalue weighted by atomic mass is 10.1. The highest BCUT2D eigenvalue weighted by Gasteiger charge is 2.31. The molecule has 2 aromatic carbocycles. The van der Waals surface area contributed by atoms with Crippen molar-refractivity contribution in [3.63, 3.8) is 0 Å². The van der Waals surface area contributed by atoms with E-state index in [-0.39, 0.29) is 12.5 Å². The van der Waals surface area contributed by atoms with Crippen LogP contribution in [-0.4, -0.2) is 52.8 Å². The smallest absolute Gasteiger partial charge is 0.368 e. The van der Waals surface area contributed by atoms with Crippen molar-refractivity contribution in [3.05, 3.63) is 59.9 Å². The van der Waals surface area contributed by atoms with E-state index in [4.69, 9.17) is 0 Å². The van der Waals surface area contributed by atoms with Crippen molar-refractivity contribution in [1.82, 2.24) is 14.5 Å². The molecule has 0 spiro atoms. The second kappa shape index (κ2) is 8.82. The molecule has 2 heterocycles. The predicted molar refractivity (Wildman–Crippen MR) is 117 cm³/mol. The third kappa shape index (κ3) is 4.66. The van der Waals surface area contributed by atoms with E-state index >= 15 is 0 Å². The Morgan fingerprint density at radius 2 is 1.81 bits per heavy atom. The molecule has 9 heteroatoms. The highest BCUT2D eigenvalue weighted by molar-refractivity contribution is 7.97. The number of hydrogen-bond donors (Lipinski definition) is 0. The van der Waals surface area contributed by atoms with Crippen LogP contribution in [0.4, 0.5) is 18.9 Å². The summed E-state index contributed by atoms with van der Waals surface area (Å²) in [7, 11) is 0. The van der Waals surface area contributed by atoms with Gasteiger partial charge < -0.3 is 14.4 Å². The maximum absolute atomic E-state index is 13.0. The third-order valence-electron chi connectivity index (χ3n) is 5.47. The number of thioether (sulfide) groups is 1. The Morgan fingerprint density at radius 3 is 2.52 bits per heavy atom. The van der Waals surface area contributed by atoms with Crippen LogP contribution in [0.25, 0.3) is 11.0 Å². The molecule has 1 fully saturated rings. The lowest BCUT2D eigenvalue weighted by Crippen LogP contribution is -2.49. The maximum Gasteiger partial charge on any atom is 0.416 e. The van der Waals surface area contributed by atoms with Gasteiger partial charge in [0.15, 0.2) is 0 Å². The van der Waals surface area contributed by atoms with Gasteiger partial charge >= 0.3 is 6.18 Å². The summed E-state index contributed by atoms with van der Waals surface area (Å²) in [5.41, 5.74) is 1.68. The van der Waals surface area contributed by atoms with E-state index in [2.05, 4.69) is 4.98 Å². The van der Waals surface area contributed by atoms with Gasteiger partial charge in [-0.15, -0.1) is 0 Å². The van der Waals surface area contributed by atoms with E-state index in [0.717, 1.165) is 22.9 Å². The van der Waals surface area contributed by atoms with Crippen molar-refractivity contribution >= 4 is 34.4 Å². The minimum atomic E-state index is -4.37. The number of nitrogens with zero attached hydrogens (tertiary/aromatic N) is 4. The first-order valence-electron chi connectivity index (χ1n) is 10.00. The summed E-state index contributed by atoms with van der Waals surface area (Å²) in [6, 6.07) is 13.1. The second-order valence-electron chi connectivity index (χ2n) is 7.45. The first kappa shape index (κ1) is 21.5. The largest absolute Gasteiger partial charge is 0.416 e. The van der Waals surface area contributed by atoms with Gasteiger partial charge in [-0.1, -0.05) is 18.2 Å². The highest BCUT2D eigenvalue weighted by atomic mass is 32.2. The molecule has 5 nitrogen and oxygen atoms in total. The number of anilines is 1. The van der Waals surface area contributed by atoms with Gasteiger partial charge in [-0.2, -0.15) is 24.9 Å². The number of para-hydroxylation sites is 2. The van der Waals surface area contributed by atoms with Crippen LogP contribution < -0.4 is 4.90 Å². The minimum absolute atomic E-state index is 0.00537. The average molecular weight is 449 g/mol. The number of carbonyl (C=O) groups excluding carboxylic acids is 1. The van der Waals surface area contributed by atoms with Crippen molar-refractivity contribution in [2.24, 2.45) is 0 Å². The molecule has 0 bridgehead atoms. The van der Waals surface area contributed by atoms with Crippen molar-refractivity contribution in [3.8, 4) is 0 Å². The Morgan fingerprint density at radius 1 is 1.06 bits per heavy atom. The molecule has 4 rings (SSSR count). The van der Waals surface area contributed by atoms with Crippen molar-refractivity contribution in [1.29, 1.82) is 0 Å². The molecule has 1 amide bonds. The topological polar surface area (TPSA) is 41.4 Å². The van der Waals surface area contributed by atoms with E-state index in [1.165, 1.54) is 12.1 Å². The minimum Gasteiger partial charge on any atom is -0.368 e. The quantitative estimate of drug-likeness (QED) is 0.585. The fourth-order valence-electron chi connectivity index (χ4n) is 3.87. The van der Waals surface area contributed by atoms with Crippen LogP contribution in [0.2, 0.25) is 0 Å². The number of amides is 1. The molecule has 0 saturated carbocycles. The Bertz CT molecular complexity index is 1070. The average Bonchev–Trinajstić information content (AvgIpc) is 3.11. The summed E-state index contributed by atoms with van der Waals surface area (Å²) in [6.07, 6.45) is -2.37. The van der Waals surface area contributed by atoms with E-state index in [0.29, 0.717) is 37.6 Å². The summed E-state index contributed by atoms with van der Waals surface area (Å²) in [6.45, 7) is 2.14. The zero-order valence-electron chi connectivity index (χ0n) is 17.1. The number of fused-ring (bicyclic) bond motifs is 1. The molecule has 1 saturated heterocycles. The SMILES string of the molecule is CSCc1nc2ccccc2n1CC(=O)N1CCN(c2cccc(C(F)(F)F)c2)CC1. The zero-order valence-corrected chi connectivity index (χ0v) is 17.9. The lowest BCUT2D eigenvalue weighted by Gasteiger charge is -2.36. The Kier molecular flexibility index (Phi) is 6.13. The van der Waals surface area contributed by atoms with Crippen LogP contribution in [0.1, 0.15) is 11.4 Å². The molecule has 0 N–H and O–H groups in total. The number of benzene rings is 2. The summed E-state index contributed by atoms with van der Waals surface area (Å²) in [5.74, 6) is 1.57. The number of hydrogen-bond acceptors (Lipinski definition) is 4. The predicted octanol–water partition coefficient (Wildman–Crippen LogP) is 4.27. The fourth-order valence-corrected chi connectivity index (χ4v) is 4.35. The van der Waals surface area contributed by atoms with Crippen LogP contribution >= 0.6 is 11.8 Å². The molecule has 164 valence electrons. The number of imidazole rings is 1. The normalized spacial score (nSPS) is 15.0. The monoisotopic (exact) mass is 448 g/mol. The van der Waals surface area contributed by atoms with Crippen LogP contribution in [0.5, 0.6) is 0 Å². The Balaban J connectivity index is 1.44. The first-order chi connectivity index (χ1) is 14.9. The Labute approximate surface area is 182 Å². The number of rotatable bonds is 5. The van der Waals surface area contributed by atoms with Crippen LogP contribution in [-0.2, 0) is 23.3 Å². The van der Waals surface area contributed by atoms with E-state index in [9.17, 15) is 18.0 Å². The van der Waals surface area contributed by atoms with Gasteiger partial charge in [0.2, 0.25) is 5.91 Å². The standard InChI is InChI=1S/C22H23F3N4OS/c1-31-15-20-26-18-7-2-3-8-19(18)29(20)14-21(30)28-11-9-27(10-12-28)17-6-4-5-16(13-17)22(23,24)25/h2-8,13H,9-12,14-15H2,1H3. The molecular formula is C22H23F3N4OS. The molecule has 1 aliphatic heterocycles. The summed E-state index contributed by atoms with van der Waals surface area (Å²) < 4.78 is 41.0. The van der Waals surface area contributed by atoms with Crippen molar-refractivity contribution in [2.75, 3.05) is 37.3 Å². The molecule has 31 heavy (non-hydrogen) atoms. The van der Waals surface area contributed by atoms with Crippen LogP contribution in [0, 0.1) is 0 Å². The molecule has 1 aliphatic rings. The number of carbonyl (C=O) groups is 1. The summed E-state index contributed by atoms with van der Waals surface area (Å²) >= 11 is 1.65. The fraction of sp³-hybridized carbons (Fsp3) is 0.364. The number of piperazine rings is 1. The van der Waals surface area contributed by atoms with Gasteiger partial charge in [0.25, 0.3) is 0 Å². The number of halogens is 3.